The Balaban J connectivity index is 4.65. The van der Waals surface area contributed by atoms with Crippen molar-refractivity contribution in [2.24, 2.45) is 5.41 Å². The van der Waals surface area contributed by atoms with Gasteiger partial charge in [0.05, 0.1) is 5.41 Å². The summed E-state index contributed by atoms with van der Waals surface area (Å²) in [6.45, 7) is 10.5. The van der Waals surface area contributed by atoms with Crippen LogP contribution in [0.1, 0.15) is 20.3 Å². The first-order valence-electron chi connectivity index (χ1n) is 3.45. The number of carbonyl (C=O) groups is 1. The van der Waals surface area contributed by atoms with E-state index in [1.54, 1.807) is 19.9 Å². The van der Waals surface area contributed by atoms with Gasteiger partial charge in [0.15, 0.2) is 0 Å². The Morgan fingerprint density at radius 2 is 2.18 bits per heavy atom. The minimum atomic E-state index is -0.845. The zero-order valence-corrected chi connectivity index (χ0v) is 7.05. The fourth-order valence-corrected chi connectivity index (χ4v) is 0.733. The lowest BCUT2D eigenvalue weighted by Crippen LogP contribution is -2.27. The van der Waals surface area contributed by atoms with E-state index in [9.17, 15) is 4.79 Å². The predicted octanol–water partition coefficient (Wildman–Crippen LogP) is 2.23. The van der Waals surface area contributed by atoms with Gasteiger partial charge in [-0.1, -0.05) is 18.2 Å². The second-order valence-electron chi connectivity index (χ2n) is 2.91. The molecule has 0 fully saturated rings. The van der Waals surface area contributed by atoms with Gasteiger partial charge in [-0.15, -0.1) is 6.58 Å². The van der Waals surface area contributed by atoms with Crippen molar-refractivity contribution in [3.63, 3.8) is 0 Å². The van der Waals surface area contributed by atoms with E-state index < -0.39 is 11.4 Å². The molecular formula is C9H14O2. The molecule has 0 aliphatic rings. The van der Waals surface area contributed by atoms with E-state index in [0.717, 1.165) is 0 Å². The summed E-state index contributed by atoms with van der Waals surface area (Å²) in [5.41, 5.74) is -0.188. The number of hydrogen-bond acceptors (Lipinski definition) is 1. The van der Waals surface area contributed by atoms with Crippen molar-refractivity contribution in [2.75, 3.05) is 0 Å². The molecule has 1 N–H and O–H groups in total. The summed E-state index contributed by atoms with van der Waals surface area (Å²) in [4.78, 5) is 10.7. The molecule has 1 unspecified atom stereocenters. The number of carboxylic acids is 1. The van der Waals surface area contributed by atoms with E-state index in [1.807, 2.05) is 0 Å². The Morgan fingerprint density at radius 1 is 1.73 bits per heavy atom. The molecule has 0 rings (SSSR count). The SMILES string of the molecule is C=CCC(C)(C(=C)C)C(=O)O. The maximum Gasteiger partial charge on any atom is 0.313 e. The number of allylic oxidation sites excluding steroid dienone is 1. The zero-order chi connectivity index (χ0) is 9.07. The monoisotopic (exact) mass is 154 g/mol. The molecule has 0 aromatic rings. The minimum absolute atomic E-state index is 0.428. The molecule has 2 nitrogen and oxygen atoms in total. The molecular weight excluding hydrogens is 140 g/mol. The van der Waals surface area contributed by atoms with Crippen molar-refractivity contribution in [2.45, 2.75) is 20.3 Å². The van der Waals surface area contributed by atoms with Gasteiger partial charge < -0.3 is 5.11 Å². The first kappa shape index (κ1) is 9.95. The molecule has 0 aliphatic heterocycles. The maximum atomic E-state index is 10.7. The third-order valence-electron chi connectivity index (χ3n) is 1.97. The minimum Gasteiger partial charge on any atom is -0.481 e. The average Bonchev–Trinajstić information content (AvgIpc) is 1.87. The lowest BCUT2D eigenvalue weighted by atomic mass is 9.81. The van der Waals surface area contributed by atoms with Crippen molar-refractivity contribution in [1.82, 2.24) is 0 Å². The summed E-state index contributed by atoms with van der Waals surface area (Å²) >= 11 is 0. The molecule has 2 heteroatoms. The molecule has 0 saturated heterocycles. The maximum absolute atomic E-state index is 10.7. The molecule has 0 heterocycles. The van der Waals surface area contributed by atoms with Crippen LogP contribution in [0.2, 0.25) is 0 Å². The Kier molecular flexibility index (Phi) is 3.05. The van der Waals surface area contributed by atoms with Crippen molar-refractivity contribution in [3.05, 3.63) is 24.8 Å². The topological polar surface area (TPSA) is 37.3 Å². The van der Waals surface area contributed by atoms with Crippen molar-refractivity contribution in [1.29, 1.82) is 0 Å². The van der Waals surface area contributed by atoms with Crippen LogP contribution in [0, 0.1) is 5.41 Å². The van der Waals surface area contributed by atoms with Crippen molar-refractivity contribution in [3.8, 4) is 0 Å². The van der Waals surface area contributed by atoms with E-state index in [2.05, 4.69) is 13.2 Å². The molecule has 0 saturated carbocycles. The summed E-state index contributed by atoms with van der Waals surface area (Å²) < 4.78 is 0. The summed E-state index contributed by atoms with van der Waals surface area (Å²) in [6.07, 6.45) is 2.03. The molecule has 0 aliphatic carbocycles. The number of aliphatic carboxylic acids is 1. The number of carboxylic acid groups (broad SMARTS) is 1. The third-order valence-corrected chi connectivity index (χ3v) is 1.97. The molecule has 0 amide bonds. The second kappa shape index (κ2) is 3.37. The normalized spacial score (nSPS) is 15.1. The van der Waals surface area contributed by atoms with Crippen LogP contribution >= 0.6 is 0 Å². The molecule has 11 heavy (non-hydrogen) atoms. The average molecular weight is 154 g/mol. The Labute approximate surface area is 67.2 Å². The van der Waals surface area contributed by atoms with Crippen molar-refractivity contribution < 1.29 is 9.90 Å². The smallest absolute Gasteiger partial charge is 0.313 e. The molecule has 0 bridgehead atoms. The molecule has 0 spiro atoms. The van der Waals surface area contributed by atoms with Crippen LogP contribution in [0.3, 0.4) is 0 Å². The van der Waals surface area contributed by atoms with Gasteiger partial charge in [-0.2, -0.15) is 0 Å². The van der Waals surface area contributed by atoms with E-state index in [4.69, 9.17) is 5.11 Å². The standard InChI is InChI=1S/C9H14O2/c1-5-6-9(4,7(2)3)8(10)11/h5H,1-2,6H2,3-4H3,(H,10,11). The fraction of sp³-hybridized carbons (Fsp3) is 0.444. The van der Waals surface area contributed by atoms with Gasteiger partial charge in [-0.3, -0.25) is 4.79 Å². The van der Waals surface area contributed by atoms with Crippen LogP contribution in [0.15, 0.2) is 24.8 Å². The van der Waals surface area contributed by atoms with Gasteiger partial charge in [0, 0.05) is 0 Å². The molecule has 62 valence electrons. The number of hydrogen-bond donors (Lipinski definition) is 1. The van der Waals surface area contributed by atoms with E-state index in [-0.39, 0.29) is 0 Å². The highest BCUT2D eigenvalue weighted by Crippen LogP contribution is 2.29. The quantitative estimate of drug-likeness (QED) is 0.630. The highest BCUT2D eigenvalue weighted by molar-refractivity contribution is 5.78. The summed E-state index contributed by atoms with van der Waals surface area (Å²) in [6, 6.07) is 0. The highest BCUT2D eigenvalue weighted by Gasteiger charge is 2.32. The zero-order valence-electron chi connectivity index (χ0n) is 7.05. The van der Waals surface area contributed by atoms with Gasteiger partial charge in [0.1, 0.15) is 0 Å². The first-order chi connectivity index (χ1) is 4.95. The van der Waals surface area contributed by atoms with E-state index in [0.29, 0.717) is 12.0 Å². The van der Waals surface area contributed by atoms with Gasteiger partial charge in [0.25, 0.3) is 0 Å². The molecule has 0 radical (unpaired) electrons. The van der Waals surface area contributed by atoms with Crippen LogP contribution in [-0.2, 0) is 4.79 Å². The molecule has 0 aromatic carbocycles. The third kappa shape index (κ3) is 1.93. The van der Waals surface area contributed by atoms with Crippen LogP contribution < -0.4 is 0 Å². The van der Waals surface area contributed by atoms with E-state index in [1.165, 1.54) is 0 Å². The lowest BCUT2D eigenvalue weighted by Gasteiger charge is -2.23. The predicted molar refractivity (Wildman–Crippen MR) is 45.4 cm³/mol. The Morgan fingerprint density at radius 3 is 2.27 bits per heavy atom. The first-order valence-corrected chi connectivity index (χ1v) is 3.45. The summed E-state index contributed by atoms with van der Waals surface area (Å²) in [5.74, 6) is -0.843. The molecule has 0 aromatic heterocycles. The lowest BCUT2D eigenvalue weighted by molar-refractivity contribution is -0.145. The Bertz CT molecular complexity index is 178. The summed E-state index contributed by atoms with van der Waals surface area (Å²) in [5, 5.41) is 8.83. The Hall–Kier alpha value is -1.05. The largest absolute Gasteiger partial charge is 0.481 e. The van der Waals surface area contributed by atoms with Crippen LogP contribution in [0.4, 0.5) is 0 Å². The van der Waals surface area contributed by atoms with Crippen LogP contribution in [0.25, 0.3) is 0 Å². The second-order valence-corrected chi connectivity index (χ2v) is 2.91. The van der Waals surface area contributed by atoms with Gasteiger partial charge in [0.2, 0.25) is 0 Å². The fourth-order valence-electron chi connectivity index (χ4n) is 0.733. The van der Waals surface area contributed by atoms with Crippen LogP contribution in [-0.4, -0.2) is 11.1 Å². The summed E-state index contributed by atoms with van der Waals surface area (Å²) in [7, 11) is 0. The highest BCUT2D eigenvalue weighted by atomic mass is 16.4. The molecule has 1 atom stereocenters. The van der Waals surface area contributed by atoms with Crippen LogP contribution in [0.5, 0.6) is 0 Å². The number of rotatable bonds is 4. The van der Waals surface area contributed by atoms with Gasteiger partial charge in [-0.25, -0.2) is 0 Å². The van der Waals surface area contributed by atoms with Gasteiger partial charge in [-0.05, 0) is 20.3 Å². The van der Waals surface area contributed by atoms with Crippen molar-refractivity contribution >= 4 is 5.97 Å². The van der Waals surface area contributed by atoms with E-state index >= 15 is 0 Å². The van der Waals surface area contributed by atoms with Gasteiger partial charge >= 0.3 is 5.97 Å².